The van der Waals surface area contributed by atoms with Crippen LogP contribution in [0.4, 0.5) is 30.2 Å². The Labute approximate surface area is 166 Å². The van der Waals surface area contributed by atoms with Gasteiger partial charge in [0.2, 0.25) is 5.91 Å². The predicted octanol–water partition coefficient (Wildman–Crippen LogP) is 5.61. The zero-order valence-electron chi connectivity index (χ0n) is 15.7. The van der Waals surface area contributed by atoms with E-state index in [1.54, 1.807) is 0 Å². The summed E-state index contributed by atoms with van der Waals surface area (Å²) in [5, 5.41) is 16.6. The lowest BCUT2D eigenvalue weighted by atomic mass is 10.1. The number of rotatable bonds is 10. The van der Waals surface area contributed by atoms with E-state index < -0.39 is 22.4 Å². The Morgan fingerprint density at radius 1 is 1.00 bits per heavy atom. The summed E-state index contributed by atoms with van der Waals surface area (Å²) in [6.07, 6.45) is -1.25. The van der Waals surface area contributed by atoms with Crippen LogP contribution in [-0.4, -0.2) is 17.4 Å². The summed E-state index contributed by atoms with van der Waals surface area (Å²) in [4.78, 5) is 22.0. The fraction of sp³-hybridized carbons (Fsp3) is 0.350. The van der Waals surface area contributed by atoms with Gasteiger partial charge in [-0.05, 0) is 37.1 Å². The number of halogens is 3. The maximum atomic E-state index is 12.7. The topological polar surface area (TPSA) is 84.3 Å². The third kappa shape index (κ3) is 7.44. The summed E-state index contributed by atoms with van der Waals surface area (Å²) < 4.78 is 38.1. The molecule has 0 aromatic heterocycles. The number of nitro benzene ring substituents is 1. The van der Waals surface area contributed by atoms with Gasteiger partial charge in [-0.15, -0.1) is 0 Å². The first-order valence-electron chi connectivity index (χ1n) is 9.22. The number of para-hydroxylation sites is 1. The number of nitrogens with zero attached hydrogens (tertiary/aromatic N) is 1. The molecule has 29 heavy (non-hydrogen) atoms. The Kier molecular flexibility index (Phi) is 7.99. The van der Waals surface area contributed by atoms with Gasteiger partial charge >= 0.3 is 6.18 Å². The van der Waals surface area contributed by atoms with E-state index in [1.165, 1.54) is 0 Å². The predicted molar refractivity (Wildman–Crippen MR) is 105 cm³/mol. The molecule has 0 bridgehead atoms. The minimum atomic E-state index is -4.63. The lowest BCUT2D eigenvalue weighted by molar-refractivity contribution is -0.384. The van der Waals surface area contributed by atoms with E-state index in [9.17, 15) is 28.1 Å². The van der Waals surface area contributed by atoms with Crippen molar-refractivity contribution in [1.82, 2.24) is 0 Å². The van der Waals surface area contributed by atoms with Crippen LogP contribution in [0.3, 0.4) is 0 Å². The monoisotopic (exact) mass is 409 g/mol. The van der Waals surface area contributed by atoms with E-state index in [0.717, 1.165) is 30.7 Å². The van der Waals surface area contributed by atoms with Crippen molar-refractivity contribution >= 4 is 23.0 Å². The highest BCUT2D eigenvalue weighted by Gasteiger charge is 2.32. The molecule has 2 N–H and O–H groups in total. The first kappa shape index (κ1) is 22.2. The summed E-state index contributed by atoms with van der Waals surface area (Å²) in [5.74, 6) is -0.0605. The van der Waals surface area contributed by atoms with Crippen LogP contribution in [-0.2, 0) is 11.0 Å². The van der Waals surface area contributed by atoms with Crippen molar-refractivity contribution in [2.75, 3.05) is 17.2 Å². The molecule has 0 saturated carbocycles. The van der Waals surface area contributed by atoms with Crippen LogP contribution in [0.15, 0.2) is 48.5 Å². The summed E-state index contributed by atoms with van der Waals surface area (Å²) in [6, 6.07) is 11.6. The highest BCUT2D eigenvalue weighted by atomic mass is 19.4. The molecule has 9 heteroatoms. The summed E-state index contributed by atoms with van der Waals surface area (Å²) in [6.45, 7) is 0.391. The van der Waals surface area contributed by atoms with Gasteiger partial charge in [-0.2, -0.15) is 13.2 Å². The van der Waals surface area contributed by atoms with E-state index in [-0.39, 0.29) is 11.6 Å². The van der Waals surface area contributed by atoms with Crippen LogP contribution in [0.1, 0.15) is 37.7 Å². The largest absolute Gasteiger partial charge is 0.416 e. The van der Waals surface area contributed by atoms with Crippen LogP contribution in [0, 0.1) is 10.1 Å². The Hall–Kier alpha value is -3.10. The molecule has 2 rings (SSSR count). The fourth-order valence-corrected chi connectivity index (χ4v) is 2.74. The van der Waals surface area contributed by atoms with Crippen LogP contribution < -0.4 is 10.6 Å². The SMILES string of the molecule is O=C(CCCCCCNc1ccc(C(F)(F)F)cc1[N+](=O)[O-])Nc1ccccc1. The molecular weight excluding hydrogens is 387 g/mol. The zero-order valence-corrected chi connectivity index (χ0v) is 15.7. The molecule has 0 aliphatic rings. The van der Waals surface area contributed by atoms with Crippen molar-refractivity contribution in [2.24, 2.45) is 0 Å². The van der Waals surface area contributed by atoms with E-state index in [0.29, 0.717) is 31.9 Å². The Balaban J connectivity index is 1.69. The van der Waals surface area contributed by atoms with Crippen molar-refractivity contribution in [2.45, 2.75) is 38.3 Å². The number of hydrogen-bond donors (Lipinski definition) is 2. The van der Waals surface area contributed by atoms with Crippen molar-refractivity contribution in [1.29, 1.82) is 0 Å². The third-order valence-electron chi connectivity index (χ3n) is 4.23. The normalized spacial score (nSPS) is 11.1. The number of hydrogen-bond acceptors (Lipinski definition) is 4. The molecule has 2 aromatic carbocycles. The number of anilines is 2. The number of benzene rings is 2. The zero-order chi connectivity index (χ0) is 21.3. The van der Waals surface area contributed by atoms with Gasteiger partial charge in [0, 0.05) is 24.7 Å². The summed E-state index contributed by atoms with van der Waals surface area (Å²) >= 11 is 0. The Morgan fingerprint density at radius 3 is 2.34 bits per heavy atom. The number of carbonyl (C=O) groups is 1. The maximum absolute atomic E-state index is 12.7. The van der Waals surface area contributed by atoms with Gasteiger partial charge in [-0.3, -0.25) is 14.9 Å². The number of carbonyl (C=O) groups excluding carboxylic acids is 1. The van der Waals surface area contributed by atoms with Crippen molar-refractivity contribution in [3.05, 3.63) is 64.2 Å². The second-order valence-electron chi connectivity index (χ2n) is 6.49. The third-order valence-corrected chi connectivity index (χ3v) is 4.23. The van der Waals surface area contributed by atoms with Crippen LogP contribution >= 0.6 is 0 Å². The second-order valence-corrected chi connectivity index (χ2v) is 6.49. The van der Waals surface area contributed by atoms with E-state index in [4.69, 9.17) is 0 Å². The molecule has 0 saturated heterocycles. The number of amides is 1. The average molecular weight is 409 g/mol. The number of nitrogens with one attached hydrogen (secondary N) is 2. The average Bonchev–Trinajstić information content (AvgIpc) is 2.67. The molecule has 0 radical (unpaired) electrons. The van der Waals surface area contributed by atoms with E-state index in [1.807, 2.05) is 30.3 Å². The molecule has 0 spiro atoms. The number of unbranched alkanes of at least 4 members (excludes halogenated alkanes) is 3. The van der Waals surface area contributed by atoms with Gasteiger partial charge in [-0.1, -0.05) is 31.0 Å². The fourth-order valence-electron chi connectivity index (χ4n) is 2.74. The van der Waals surface area contributed by atoms with Gasteiger partial charge in [-0.25, -0.2) is 0 Å². The Bertz CT molecular complexity index is 827. The molecule has 0 aliphatic carbocycles. The van der Waals surface area contributed by atoms with Crippen LogP contribution in [0.2, 0.25) is 0 Å². The van der Waals surface area contributed by atoms with Crippen molar-refractivity contribution in [3.8, 4) is 0 Å². The van der Waals surface area contributed by atoms with E-state index in [2.05, 4.69) is 10.6 Å². The Morgan fingerprint density at radius 2 is 1.69 bits per heavy atom. The summed E-state index contributed by atoms with van der Waals surface area (Å²) in [7, 11) is 0. The standard InChI is InChI=1S/C20H22F3N3O3/c21-20(22,23)15-11-12-17(18(14-15)26(28)29)24-13-7-2-1-6-10-19(27)25-16-8-4-3-5-9-16/h3-5,8-9,11-12,14,24H,1-2,6-7,10,13H2,(H,25,27). The molecule has 0 fully saturated rings. The highest BCUT2D eigenvalue weighted by Crippen LogP contribution is 2.34. The molecular formula is C20H22F3N3O3. The number of alkyl halides is 3. The van der Waals surface area contributed by atoms with Crippen molar-refractivity contribution < 1.29 is 22.9 Å². The van der Waals surface area contributed by atoms with Gasteiger partial charge < -0.3 is 10.6 Å². The minimum Gasteiger partial charge on any atom is -0.379 e. The number of nitro groups is 1. The first-order valence-corrected chi connectivity index (χ1v) is 9.22. The smallest absolute Gasteiger partial charge is 0.379 e. The van der Waals surface area contributed by atoms with Gasteiger partial charge in [0.15, 0.2) is 0 Å². The minimum absolute atomic E-state index is 0.0604. The molecule has 1 amide bonds. The molecule has 0 heterocycles. The molecule has 0 aliphatic heterocycles. The van der Waals surface area contributed by atoms with Crippen LogP contribution in [0.5, 0.6) is 0 Å². The van der Waals surface area contributed by atoms with Crippen LogP contribution in [0.25, 0.3) is 0 Å². The van der Waals surface area contributed by atoms with Gasteiger partial charge in [0.05, 0.1) is 10.5 Å². The second kappa shape index (κ2) is 10.4. The lowest BCUT2D eigenvalue weighted by Gasteiger charge is -2.10. The van der Waals surface area contributed by atoms with Crippen molar-refractivity contribution in [3.63, 3.8) is 0 Å². The first-order chi connectivity index (χ1) is 13.8. The maximum Gasteiger partial charge on any atom is 0.416 e. The molecule has 2 aromatic rings. The molecule has 156 valence electrons. The van der Waals surface area contributed by atoms with E-state index >= 15 is 0 Å². The van der Waals surface area contributed by atoms with Gasteiger partial charge in [0.25, 0.3) is 5.69 Å². The molecule has 6 nitrogen and oxygen atoms in total. The molecule has 0 atom stereocenters. The van der Waals surface area contributed by atoms with Gasteiger partial charge in [0.1, 0.15) is 5.69 Å². The quantitative estimate of drug-likeness (QED) is 0.303. The lowest BCUT2D eigenvalue weighted by Crippen LogP contribution is -2.11. The molecule has 0 unspecified atom stereocenters. The highest BCUT2D eigenvalue weighted by molar-refractivity contribution is 5.90. The summed E-state index contributed by atoms with van der Waals surface area (Å²) in [5.41, 5.74) is -0.842.